The maximum atomic E-state index is 12.7. The van der Waals surface area contributed by atoms with E-state index in [1.165, 1.54) is 0 Å². The Morgan fingerprint density at radius 1 is 1.38 bits per heavy atom. The zero-order valence-electron chi connectivity index (χ0n) is 14.8. The molecule has 1 aliphatic rings. The maximum absolute atomic E-state index is 12.7. The number of hydrogen-bond acceptors (Lipinski definition) is 4. The summed E-state index contributed by atoms with van der Waals surface area (Å²) in [6, 6.07) is 2.02. The number of aryl methyl sites for hydroxylation is 2. The van der Waals surface area contributed by atoms with E-state index in [4.69, 9.17) is 5.73 Å². The Hall–Kier alpha value is -2.15. The number of nitrogens with zero attached hydrogens (tertiary/aromatic N) is 4. The van der Waals surface area contributed by atoms with Crippen molar-refractivity contribution in [3.63, 3.8) is 0 Å². The van der Waals surface area contributed by atoms with Gasteiger partial charge in [0.15, 0.2) is 0 Å². The molecule has 7 nitrogen and oxygen atoms in total. The Balaban J connectivity index is 1.75. The average molecular weight is 330 g/mol. The molecule has 0 spiro atoms. The third-order valence-corrected chi connectivity index (χ3v) is 5.14. The molecule has 0 radical (unpaired) electrons. The number of hydrogen-bond donors (Lipinski definition) is 2. The molecule has 2 aromatic heterocycles. The number of H-pyrrole nitrogens is 1. The molecule has 0 aromatic carbocycles. The van der Waals surface area contributed by atoms with Crippen LogP contribution in [0.5, 0.6) is 0 Å². The Labute approximate surface area is 142 Å². The standard InChI is InChI=1S/C17H26N6O/c1-10(18)13-5-7-23(8-6-13)17(24)15-9-14(19-20-15)16-11(2)21-22(4)12(16)3/h9-10,13H,5-8,18H2,1-4H3,(H,19,20). The number of likely N-dealkylation sites (tertiary alicyclic amines) is 1. The minimum absolute atomic E-state index is 0.0103. The molecule has 24 heavy (non-hydrogen) atoms. The molecule has 3 heterocycles. The van der Waals surface area contributed by atoms with Crippen LogP contribution in [-0.2, 0) is 7.05 Å². The lowest BCUT2D eigenvalue weighted by molar-refractivity contribution is 0.0675. The fourth-order valence-corrected chi connectivity index (χ4v) is 3.50. The highest BCUT2D eigenvalue weighted by molar-refractivity contribution is 5.93. The largest absolute Gasteiger partial charge is 0.337 e. The lowest BCUT2D eigenvalue weighted by Gasteiger charge is -2.33. The monoisotopic (exact) mass is 330 g/mol. The van der Waals surface area contributed by atoms with Gasteiger partial charge in [-0.2, -0.15) is 10.2 Å². The van der Waals surface area contributed by atoms with Gasteiger partial charge in [-0.05, 0) is 45.6 Å². The van der Waals surface area contributed by atoms with Crippen LogP contribution in [0, 0.1) is 19.8 Å². The highest BCUT2D eigenvalue weighted by Crippen LogP contribution is 2.26. The van der Waals surface area contributed by atoms with E-state index >= 15 is 0 Å². The zero-order valence-corrected chi connectivity index (χ0v) is 14.8. The number of piperidine rings is 1. The first kappa shape index (κ1) is 16.7. The van der Waals surface area contributed by atoms with Crippen molar-refractivity contribution < 1.29 is 4.79 Å². The summed E-state index contributed by atoms with van der Waals surface area (Å²) in [5.41, 5.74) is 10.2. The average Bonchev–Trinajstić information content (AvgIpc) is 3.12. The van der Waals surface area contributed by atoms with E-state index in [1.807, 2.05) is 43.5 Å². The first-order valence-electron chi connectivity index (χ1n) is 8.49. The smallest absolute Gasteiger partial charge is 0.271 e. The molecule has 7 heteroatoms. The second-order valence-corrected chi connectivity index (χ2v) is 6.83. The van der Waals surface area contributed by atoms with Gasteiger partial charge in [-0.1, -0.05) is 0 Å². The highest BCUT2D eigenvalue weighted by atomic mass is 16.2. The van der Waals surface area contributed by atoms with E-state index in [9.17, 15) is 4.79 Å². The fraction of sp³-hybridized carbons (Fsp3) is 0.588. The van der Waals surface area contributed by atoms with Crippen molar-refractivity contribution in [3.8, 4) is 11.3 Å². The van der Waals surface area contributed by atoms with E-state index in [1.54, 1.807) is 0 Å². The summed E-state index contributed by atoms with van der Waals surface area (Å²) in [6.07, 6.45) is 1.93. The molecule has 1 unspecified atom stereocenters. The Bertz CT molecular complexity index is 736. The van der Waals surface area contributed by atoms with Crippen LogP contribution >= 0.6 is 0 Å². The van der Waals surface area contributed by atoms with Crippen molar-refractivity contribution in [1.82, 2.24) is 24.9 Å². The minimum Gasteiger partial charge on any atom is -0.337 e. The van der Waals surface area contributed by atoms with Crippen LogP contribution in [0.25, 0.3) is 11.3 Å². The molecular weight excluding hydrogens is 304 g/mol. The third-order valence-electron chi connectivity index (χ3n) is 5.14. The SMILES string of the molecule is Cc1nn(C)c(C)c1-c1cc(C(=O)N2CCC(C(C)N)CC2)[nH]n1. The molecule has 3 rings (SSSR count). The van der Waals surface area contributed by atoms with Crippen molar-refractivity contribution in [1.29, 1.82) is 0 Å². The quantitative estimate of drug-likeness (QED) is 0.894. The van der Waals surface area contributed by atoms with Gasteiger partial charge in [0.05, 0.1) is 11.4 Å². The molecule has 2 aromatic rings. The molecular formula is C17H26N6O. The summed E-state index contributed by atoms with van der Waals surface area (Å²) in [7, 11) is 1.91. The van der Waals surface area contributed by atoms with E-state index < -0.39 is 0 Å². The first-order chi connectivity index (χ1) is 11.4. The molecule has 1 atom stereocenters. The van der Waals surface area contributed by atoms with Crippen LogP contribution in [0.4, 0.5) is 0 Å². The molecule has 1 amide bonds. The van der Waals surface area contributed by atoms with E-state index in [0.29, 0.717) is 11.6 Å². The molecule has 0 bridgehead atoms. The molecule has 1 aliphatic heterocycles. The van der Waals surface area contributed by atoms with Gasteiger partial charge < -0.3 is 10.6 Å². The van der Waals surface area contributed by atoms with Gasteiger partial charge in [0.25, 0.3) is 5.91 Å². The van der Waals surface area contributed by atoms with Gasteiger partial charge in [-0.15, -0.1) is 0 Å². The van der Waals surface area contributed by atoms with Crippen LogP contribution in [0.15, 0.2) is 6.07 Å². The second kappa shape index (κ2) is 6.39. The van der Waals surface area contributed by atoms with Gasteiger partial charge in [0.2, 0.25) is 0 Å². The molecule has 1 fully saturated rings. The topological polar surface area (TPSA) is 92.8 Å². The number of carbonyl (C=O) groups is 1. The molecule has 1 saturated heterocycles. The predicted octanol–water partition coefficient (Wildman–Crippen LogP) is 1.63. The molecule has 0 saturated carbocycles. The van der Waals surface area contributed by atoms with E-state index in [-0.39, 0.29) is 11.9 Å². The normalized spacial score (nSPS) is 17.3. The Morgan fingerprint density at radius 3 is 2.58 bits per heavy atom. The van der Waals surface area contributed by atoms with Crippen molar-refractivity contribution in [3.05, 3.63) is 23.1 Å². The summed E-state index contributed by atoms with van der Waals surface area (Å²) >= 11 is 0. The Morgan fingerprint density at radius 2 is 2.04 bits per heavy atom. The number of nitrogens with two attached hydrogens (primary N) is 1. The summed E-state index contributed by atoms with van der Waals surface area (Å²) < 4.78 is 1.83. The van der Waals surface area contributed by atoms with Crippen LogP contribution in [0.1, 0.15) is 41.6 Å². The number of nitrogens with one attached hydrogen (secondary N) is 1. The van der Waals surface area contributed by atoms with Gasteiger partial charge in [0, 0.05) is 37.4 Å². The number of amides is 1. The van der Waals surface area contributed by atoms with Gasteiger partial charge in [-0.3, -0.25) is 14.6 Å². The molecule has 0 aliphatic carbocycles. The first-order valence-corrected chi connectivity index (χ1v) is 8.49. The lowest BCUT2D eigenvalue weighted by atomic mass is 9.91. The number of rotatable bonds is 3. The highest BCUT2D eigenvalue weighted by Gasteiger charge is 2.27. The minimum atomic E-state index is 0.0103. The zero-order chi connectivity index (χ0) is 17.4. The summed E-state index contributed by atoms with van der Waals surface area (Å²) in [4.78, 5) is 14.6. The summed E-state index contributed by atoms with van der Waals surface area (Å²) in [5, 5.41) is 11.6. The van der Waals surface area contributed by atoms with E-state index in [2.05, 4.69) is 15.3 Å². The number of carbonyl (C=O) groups excluding carboxylic acids is 1. The van der Waals surface area contributed by atoms with Crippen LogP contribution < -0.4 is 5.73 Å². The lowest BCUT2D eigenvalue weighted by Crippen LogP contribution is -2.42. The Kier molecular flexibility index (Phi) is 4.45. The van der Waals surface area contributed by atoms with Gasteiger partial charge in [-0.25, -0.2) is 0 Å². The van der Waals surface area contributed by atoms with E-state index in [0.717, 1.165) is 48.6 Å². The number of aromatic amines is 1. The van der Waals surface area contributed by atoms with Crippen molar-refractivity contribution >= 4 is 5.91 Å². The van der Waals surface area contributed by atoms with Gasteiger partial charge in [0.1, 0.15) is 5.69 Å². The van der Waals surface area contributed by atoms with Crippen LogP contribution in [0.2, 0.25) is 0 Å². The molecule has 3 N–H and O–H groups in total. The summed E-state index contributed by atoms with van der Waals surface area (Å²) in [5.74, 6) is 0.517. The van der Waals surface area contributed by atoms with Crippen LogP contribution in [0.3, 0.4) is 0 Å². The fourth-order valence-electron chi connectivity index (χ4n) is 3.50. The van der Waals surface area contributed by atoms with Crippen molar-refractivity contribution in [2.24, 2.45) is 18.7 Å². The number of aromatic nitrogens is 4. The summed E-state index contributed by atoms with van der Waals surface area (Å²) in [6.45, 7) is 7.51. The van der Waals surface area contributed by atoms with Crippen LogP contribution in [-0.4, -0.2) is 49.9 Å². The maximum Gasteiger partial charge on any atom is 0.271 e. The van der Waals surface area contributed by atoms with Crippen molar-refractivity contribution in [2.75, 3.05) is 13.1 Å². The van der Waals surface area contributed by atoms with Gasteiger partial charge >= 0.3 is 0 Å². The second-order valence-electron chi connectivity index (χ2n) is 6.83. The molecule has 130 valence electrons. The third kappa shape index (κ3) is 2.96. The van der Waals surface area contributed by atoms with Crippen molar-refractivity contribution in [2.45, 2.75) is 39.7 Å². The predicted molar refractivity (Wildman–Crippen MR) is 92.5 cm³/mol.